The summed E-state index contributed by atoms with van der Waals surface area (Å²) in [7, 11) is -1.31. The van der Waals surface area contributed by atoms with Crippen LogP contribution < -0.4 is 20.7 Å². The number of hydrogen-bond donors (Lipinski definition) is 0. The summed E-state index contributed by atoms with van der Waals surface area (Å²) in [6, 6.07) is 51.0. The molecule has 2 aliphatic heterocycles. The first-order valence-corrected chi connectivity index (χ1v) is 23.1. The normalized spacial score (nSPS) is 15.6. The number of anilines is 6. The molecular formula is C53H45N3O2S. The van der Waals surface area contributed by atoms with Crippen LogP contribution in [0.15, 0.2) is 160 Å². The molecule has 0 radical (unpaired) electrons. The lowest BCUT2D eigenvalue weighted by atomic mass is 9.73. The SMILES string of the molecule is CC1(C)c2ccccc2N(c2ccc3c(c2)c(=O)c2cc(S(C)(C)C)cc4c(=O)c5cc(N6c7ccccc7C(C)(C)c7ccccc76)ccc5n3c24)c2ccccc21. The molecule has 0 amide bonds. The maximum atomic E-state index is 15.1. The fourth-order valence-electron chi connectivity index (χ4n) is 10.2. The number of pyridine rings is 2. The molecule has 11 rings (SSSR count). The standard InChI is InChI=1S/C53H45N3O2S/c1-52(2)39-16-8-12-20-45(39)54(46-21-13-9-17-40(46)52)32-24-26-43-35(28-32)50(57)37-30-34(59(5,6)7)31-38-49(37)56(43)44-27-25-33(29-36(44)51(38)58)55-47-22-14-10-18-41(47)53(3,4)42-19-11-15-23-48(42)55/h8-31H,1-7H3. The van der Waals surface area contributed by atoms with Gasteiger partial charge in [-0.1, -0.05) is 100 Å². The van der Waals surface area contributed by atoms with Crippen molar-refractivity contribution in [2.24, 2.45) is 0 Å². The smallest absolute Gasteiger partial charge is 0.197 e. The number of fused-ring (bicyclic) bond motifs is 8. The number of para-hydroxylation sites is 4. The minimum absolute atomic E-state index is 0.0595. The summed E-state index contributed by atoms with van der Waals surface area (Å²) in [5.74, 6) is 0. The Morgan fingerprint density at radius 3 is 1.10 bits per heavy atom. The molecular weight excluding hydrogens is 743 g/mol. The van der Waals surface area contributed by atoms with Crippen LogP contribution in [0.2, 0.25) is 0 Å². The zero-order valence-electron chi connectivity index (χ0n) is 34.4. The Morgan fingerprint density at radius 1 is 0.424 bits per heavy atom. The molecule has 6 heteroatoms. The maximum absolute atomic E-state index is 15.1. The van der Waals surface area contributed by atoms with Gasteiger partial charge in [0, 0.05) is 43.7 Å². The van der Waals surface area contributed by atoms with Gasteiger partial charge in [-0.15, -0.1) is 0 Å². The van der Waals surface area contributed by atoms with E-state index in [1.807, 2.05) is 0 Å². The third-order valence-corrected chi connectivity index (χ3v) is 14.9. The van der Waals surface area contributed by atoms with Crippen molar-refractivity contribution in [1.82, 2.24) is 4.40 Å². The van der Waals surface area contributed by atoms with Crippen LogP contribution in [0.5, 0.6) is 0 Å². The molecule has 59 heavy (non-hydrogen) atoms. The van der Waals surface area contributed by atoms with Crippen LogP contribution in [0.4, 0.5) is 34.1 Å². The predicted octanol–water partition coefficient (Wildman–Crippen LogP) is 12.8. The van der Waals surface area contributed by atoms with Crippen LogP contribution in [0.1, 0.15) is 49.9 Å². The molecule has 5 nitrogen and oxygen atoms in total. The van der Waals surface area contributed by atoms with Gasteiger partial charge in [0.2, 0.25) is 0 Å². The second-order valence-corrected chi connectivity index (χ2v) is 22.2. The molecule has 0 spiro atoms. The Hall–Kier alpha value is -6.37. The number of hydrogen-bond acceptors (Lipinski definition) is 4. The minimum atomic E-state index is -1.31. The van der Waals surface area contributed by atoms with Crippen LogP contribution in [0.25, 0.3) is 38.1 Å². The van der Waals surface area contributed by atoms with Crippen LogP contribution in [0, 0.1) is 0 Å². The Labute approximate surface area is 345 Å². The summed E-state index contributed by atoms with van der Waals surface area (Å²) in [5.41, 5.74) is 12.9. The van der Waals surface area contributed by atoms with Crippen molar-refractivity contribution in [2.75, 3.05) is 28.6 Å². The lowest BCUT2D eigenvalue weighted by Crippen LogP contribution is -2.30. The molecule has 7 aromatic carbocycles. The van der Waals surface area contributed by atoms with Crippen molar-refractivity contribution < 1.29 is 0 Å². The second-order valence-electron chi connectivity index (χ2n) is 18.1. The highest BCUT2D eigenvalue weighted by Gasteiger charge is 2.38. The van der Waals surface area contributed by atoms with Crippen LogP contribution >= 0.6 is 10.0 Å². The first kappa shape index (κ1) is 35.8. The topological polar surface area (TPSA) is 45.0 Å². The zero-order valence-corrected chi connectivity index (χ0v) is 35.2. The molecule has 0 N–H and O–H groups in total. The Kier molecular flexibility index (Phi) is 7.33. The summed E-state index contributed by atoms with van der Waals surface area (Å²) in [6.07, 6.45) is 6.66. The summed E-state index contributed by atoms with van der Waals surface area (Å²) in [4.78, 5) is 35.8. The predicted molar refractivity (Wildman–Crippen MR) is 251 cm³/mol. The van der Waals surface area contributed by atoms with E-state index in [9.17, 15) is 0 Å². The van der Waals surface area contributed by atoms with Crippen molar-refractivity contribution >= 4 is 82.2 Å². The highest BCUT2D eigenvalue weighted by Crippen LogP contribution is 2.54. The van der Waals surface area contributed by atoms with Gasteiger partial charge < -0.3 is 14.2 Å². The van der Waals surface area contributed by atoms with Gasteiger partial charge in [-0.25, -0.2) is 10.0 Å². The third kappa shape index (κ3) is 4.87. The van der Waals surface area contributed by atoms with E-state index >= 15 is 9.59 Å². The molecule has 0 saturated carbocycles. The van der Waals surface area contributed by atoms with E-state index in [-0.39, 0.29) is 21.7 Å². The molecule has 0 saturated heterocycles. The van der Waals surface area contributed by atoms with Gasteiger partial charge in [-0.3, -0.25) is 9.59 Å². The van der Waals surface area contributed by atoms with Crippen molar-refractivity contribution in [2.45, 2.75) is 43.4 Å². The quantitative estimate of drug-likeness (QED) is 0.132. The maximum Gasteiger partial charge on any atom is 0.197 e. The number of aromatic nitrogens is 1. The molecule has 0 unspecified atom stereocenters. The Balaban J connectivity index is 1.22. The molecule has 290 valence electrons. The van der Waals surface area contributed by atoms with Crippen molar-refractivity contribution in [3.05, 3.63) is 188 Å². The van der Waals surface area contributed by atoms with Crippen molar-refractivity contribution in [3.63, 3.8) is 0 Å². The van der Waals surface area contributed by atoms with E-state index in [0.717, 1.165) is 50.1 Å². The molecule has 0 atom stereocenters. The van der Waals surface area contributed by atoms with E-state index in [1.54, 1.807) is 0 Å². The zero-order chi connectivity index (χ0) is 40.7. The molecule has 0 fully saturated rings. The van der Waals surface area contributed by atoms with Crippen LogP contribution in [-0.2, 0) is 10.8 Å². The summed E-state index contributed by atoms with van der Waals surface area (Å²) in [5, 5.41) is 2.39. The third-order valence-electron chi connectivity index (χ3n) is 13.2. The monoisotopic (exact) mass is 787 g/mol. The summed E-state index contributed by atoms with van der Waals surface area (Å²) in [6.45, 7) is 9.13. The fraction of sp³-hybridized carbons (Fsp3) is 0.170. The molecule has 2 aromatic heterocycles. The van der Waals surface area contributed by atoms with E-state index in [4.69, 9.17) is 0 Å². The lowest BCUT2D eigenvalue weighted by Gasteiger charge is -2.42. The van der Waals surface area contributed by atoms with E-state index < -0.39 is 10.0 Å². The molecule has 2 aliphatic rings. The first-order chi connectivity index (χ1) is 28.3. The largest absolute Gasteiger partial charge is 0.310 e. The van der Waals surface area contributed by atoms with Gasteiger partial charge in [-0.2, -0.15) is 0 Å². The second kappa shape index (κ2) is 12.1. The minimum Gasteiger partial charge on any atom is -0.310 e. The molecule has 0 aliphatic carbocycles. The average molecular weight is 788 g/mol. The van der Waals surface area contributed by atoms with E-state index in [2.05, 4.69) is 206 Å². The lowest BCUT2D eigenvalue weighted by molar-refractivity contribution is 0.632. The molecule has 9 aromatic rings. The van der Waals surface area contributed by atoms with Gasteiger partial charge in [0.15, 0.2) is 10.9 Å². The van der Waals surface area contributed by atoms with Crippen molar-refractivity contribution in [3.8, 4) is 0 Å². The van der Waals surface area contributed by atoms with Crippen LogP contribution in [-0.4, -0.2) is 23.2 Å². The van der Waals surface area contributed by atoms with Crippen LogP contribution in [0.3, 0.4) is 0 Å². The first-order valence-electron chi connectivity index (χ1n) is 20.3. The van der Waals surface area contributed by atoms with Gasteiger partial charge in [0.1, 0.15) is 0 Å². The fourth-order valence-corrected chi connectivity index (χ4v) is 11.1. The van der Waals surface area contributed by atoms with E-state index in [1.165, 1.54) is 22.3 Å². The highest BCUT2D eigenvalue weighted by atomic mass is 32.3. The Bertz CT molecular complexity index is 3080. The Morgan fingerprint density at radius 2 is 0.763 bits per heavy atom. The van der Waals surface area contributed by atoms with Crippen molar-refractivity contribution in [1.29, 1.82) is 0 Å². The number of benzene rings is 7. The number of rotatable bonds is 3. The summed E-state index contributed by atoms with van der Waals surface area (Å²) >= 11 is 0. The average Bonchev–Trinajstić information content (AvgIpc) is 3.23. The summed E-state index contributed by atoms with van der Waals surface area (Å²) < 4.78 is 2.18. The molecule has 4 heterocycles. The van der Waals surface area contributed by atoms with Gasteiger partial charge >= 0.3 is 0 Å². The van der Waals surface area contributed by atoms with Gasteiger partial charge in [0.25, 0.3) is 0 Å². The van der Waals surface area contributed by atoms with Gasteiger partial charge in [-0.05, 0) is 119 Å². The number of nitrogens with zero attached hydrogens (tertiary/aromatic N) is 3. The van der Waals surface area contributed by atoms with Gasteiger partial charge in [0.05, 0.1) is 39.3 Å². The van der Waals surface area contributed by atoms with E-state index in [0.29, 0.717) is 27.1 Å². The highest BCUT2D eigenvalue weighted by molar-refractivity contribution is 8.32. The molecule has 0 bridgehead atoms.